The molecule has 2 atom stereocenters. The van der Waals surface area contributed by atoms with Crippen molar-refractivity contribution in [2.75, 3.05) is 13.2 Å². The van der Waals surface area contributed by atoms with Crippen LogP contribution in [0.4, 0.5) is 4.39 Å². The first-order valence-corrected chi connectivity index (χ1v) is 13.6. The number of halogens is 1. The largest absolute Gasteiger partial charge is 0.493 e. The molecule has 2 aliphatic heterocycles. The minimum atomic E-state index is -0.586. The molecular weight excluding hydrogens is 495 g/mol. The number of fused-ring (bicyclic) bond motifs is 1. The summed E-state index contributed by atoms with van der Waals surface area (Å²) in [6.07, 6.45) is 4.28. The van der Waals surface area contributed by atoms with Crippen LogP contribution in [0.25, 0.3) is 5.57 Å². The molecule has 2 heterocycles. The summed E-state index contributed by atoms with van der Waals surface area (Å²) < 4.78 is 21.0. The van der Waals surface area contributed by atoms with Crippen LogP contribution in [0.3, 0.4) is 0 Å². The highest BCUT2D eigenvalue weighted by Crippen LogP contribution is 2.42. The van der Waals surface area contributed by atoms with Crippen LogP contribution in [0, 0.1) is 31.5 Å². The van der Waals surface area contributed by atoms with Gasteiger partial charge >= 0.3 is 0 Å². The van der Waals surface area contributed by atoms with Gasteiger partial charge in [0.1, 0.15) is 11.6 Å². The zero-order valence-electron chi connectivity index (χ0n) is 23.4. The fourth-order valence-corrected chi connectivity index (χ4v) is 5.58. The zero-order chi connectivity index (χ0) is 28.3. The molecule has 4 rings (SSSR count). The minimum absolute atomic E-state index is 0.216. The summed E-state index contributed by atoms with van der Waals surface area (Å²) in [6, 6.07) is 8.79. The number of ether oxygens (including phenoxy) is 1. The molecule has 0 saturated heterocycles. The second kappa shape index (κ2) is 12.0. The van der Waals surface area contributed by atoms with Gasteiger partial charge in [-0.25, -0.2) is 4.39 Å². The van der Waals surface area contributed by atoms with E-state index in [2.05, 4.69) is 17.6 Å². The van der Waals surface area contributed by atoms with Gasteiger partial charge in [0.25, 0.3) is 11.8 Å². The van der Waals surface area contributed by atoms with E-state index in [1.807, 2.05) is 39.0 Å². The van der Waals surface area contributed by atoms with Gasteiger partial charge in [-0.05, 0) is 80.2 Å². The predicted octanol–water partition coefficient (Wildman–Crippen LogP) is 5.15. The van der Waals surface area contributed by atoms with Crippen LogP contribution in [0.5, 0.6) is 5.75 Å². The van der Waals surface area contributed by atoms with Crippen LogP contribution in [0.15, 0.2) is 47.6 Å². The fraction of sp³-hybridized carbons (Fsp3) is 0.406. The van der Waals surface area contributed by atoms with Crippen molar-refractivity contribution >= 4 is 23.3 Å². The van der Waals surface area contributed by atoms with Gasteiger partial charge in [0.15, 0.2) is 0 Å². The van der Waals surface area contributed by atoms with E-state index in [1.165, 1.54) is 13.0 Å². The average molecular weight is 533 g/mol. The molecule has 2 N–H and O–H groups in total. The van der Waals surface area contributed by atoms with Crippen molar-refractivity contribution in [3.05, 3.63) is 81.2 Å². The highest BCUT2D eigenvalue weighted by Gasteiger charge is 2.33. The molecule has 2 aromatic carbocycles. The Balaban J connectivity index is 2.04. The Morgan fingerprint density at radius 3 is 2.69 bits per heavy atom. The third-order valence-electron chi connectivity index (χ3n) is 7.47. The SMILES string of the molecule is CC(=O)NC(=O)/C(=C(\C1=CCCNC1=O)c1c(C)ccc2c1CC(C)CCO2)C(C)Cc1cc(C)ccc1F. The molecule has 2 unspecified atom stereocenters. The van der Waals surface area contributed by atoms with Crippen molar-refractivity contribution in [2.24, 2.45) is 11.8 Å². The van der Waals surface area contributed by atoms with Crippen LogP contribution < -0.4 is 15.4 Å². The van der Waals surface area contributed by atoms with Gasteiger partial charge < -0.3 is 10.1 Å². The quantitative estimate of drug-likeness (QED) is 0.505. The number of aryl methyl sites for hydroxylation is 2. The number of benzene rings is 2. The zero-order valence-corrected chi connectivity index (χ0v) is 23.4. The molecule has 0 fully saturated rings. The standard InChI is InChI=1S/C32H37FN2O4/c1-18-8-10-26(33)23(15-18)17-21(4)29(32(38)35-22(5)36)30(24-7-6-13-34-31(24)37)28-20(3)9-11-27-25(28)16-19(2)12-14-39-27/h7-11,15,19,21H,6,12-14,16-17H2,1-5H3,(H,34,37)(H,35,36,38)/b30-29+. The Kier molecular flexibility index (Phi) is 8.68. The maximum atomic E-state index is 14.9. The summed E-state index contributed by atoms with van der Waals surface area (Å²) in [7, 11) is 0. The summed E-state index contributed by atoms with van der Waals surface area (Å²) in [5, 5.41) is 5.35. The van der Waals surface area contributed by atoms with Gasteiger partial charge in [0.2, 0.25) is 5.91 Å². The summed E-state index contributed by atoms with van der Waals surface area (Å²) in [6.45, 7) is 10.2. The summed E-state index contributed by atoms with van der Waals surface area (Å²) in [5.41, 5.74) is 5.13. The van der Waals surface area contributed by atoms with Gasteiger partial charge in [-0.15, -0.1) is 0 Å². The van der Waals surface area contributed by atoms with Crippen molar-refractivity contribution in [3.8, 4) is 5.75 Å². The van der Waals surface area contributed by atoms with Crippen LogP contribution in [0.2, 0.25) is 0 Å². The molecule has 2 aromatic rings. The molecule has 39 heavy (non-hydrogen) atoms. The second-order valence-electron chi connectivity index (χ2n) is 10.8. The first kappa shape index (κ1) is 28.3. The van der Waals surface area contributed by atoms with Gasteiger partial charge in [0, 0.05) is 35.8 Å². The van der Waals surface area contributed by atoms with Crippen LogP contribution in [-0.4, -0.2) is 30.9 Å². The van der Waals surface area contributed by atoms with E-state index in [1.54, 1.807) is 12.1 Å². The maximum absolute atomic E-state index is 14.9. The molecular formula is C32H37FN2O4. The first-order chi connectivity index (χ1) is 18.6. The number of imide groups is 1. The number of nitrogens with one attached hydrogen (secondary N) is 2. The number of rotatable bonds is 6. The highest BCUT2D eigenvalue weighted by atomic mass is 19.1. The normalized spacial score (nSPS) is 18.5. The van der Waals surface area contributed by atoms with Gasteiger partial charge in [-0.3, -0.25) is 19.7 Å². The molecule has 6 nitrogen and oxygen atoms in total. The summed E-state index contributed by atoms with van der Waals surface area (Å²) in [5.74, 6) is -1.19. The topological polar surface area (TPSA) is 84.5 Å². The molecule has 0 spiro atoms. The average Bonchev–Trinajstić information content (AvgIpc) is 3.05. The van der Waals surface area contributed by atoms with Crippen molar-refractivity contribution in [3.63, 3.8) is 0 Å². The molecule has 2 aliphatic rings. The molecule has 0 radical (unpaired) electrons. The van der Waals surface area contributed by atoms with E-state index < -0.39 is 17.7 Å². The lowest BCUT2D eigenvalue weighted by Gasteiger charge is -2.27. The van der Waals surface area contributed by atoms with E-state index in [0.717, 1.165) is 34.4 Å². The summed E-state index contributed by atoms with van der Waals surface area (Å²) in [4.78, 5) is 39.3. The Morgan fingerprint density at radius 2 is 1.97 bits per heavy atom. The highest BCUT2D eigenvalue weighted by molar-refractivity contribution is 6.18. The molecule has 0 aliphatic carbocycles. The third-order valence-corrected chi connectivity index (χ3v) is 7.47. The molecule has 7 heteroatoms. The number of hydrogen-bond acceptors (Lipinski definition) is 4. The summed E-state index contributed by atoms with van der Waals surface area (Å²) >= 11 is 0. The van der Waals surface area contributed by atoms with E-state index >= 15 is 0 Å². The number of carbonyl (C=O) groups excluding carboxylic acids is 3. The molecule has 0 bridgehead atoms. The Bertz CT molecular complexity index is 1370. The Hall–Kier alpha value is -3.74. The van der Waals surface area contributed by atoms with Crippen molar-refractivity contribution in [2.45, 2.75) is 60.3 Å². The molecule has 0 aromatic heterocycles. The predicted molar refractivity (Wildman–Crippen MR) is 150 cm³/mol. The smallest absolute Gasteiger partial charge is 0.254 e. The number of amides is 3. The first-order valence-electron chi connectivity index (χ1n) is 13.6. The number of carbonyl (C=O) groups is 3. The van der Waals surface area contributed by atoms with Crippen molar-refractivity contribution < 1.29 is 23.5 Å². The second-order valence-corrected chi connectivity index (χ2v) is 10.8. The minimum Gasteiger partial charge on any atom is -0.493 e. The maximum Gasteiger partial charge on any atom is 0.254 e. The third kappa shape index (κ3) is 6.29. The van der Waals surface area contributed by atoms with Crippen molar-refractivity contribution in [1.29, 1.82) is 0 Å². The number of hydrogen-bond donors (Lipinski definition) is 2. The molecule has 3 amide bonds. The van der Waals surface area contributed by atoms with Crippen molar-refractivity contribution in [1.82, 2.24) is 10.6 Å². The monoisotopic (exact) mass is 532 g/mol. The Morgan fingerprint density at radius 1 is 1.21 bits per heavy atom. The van der Waals surface area contributed by atoms with Gasteiger partial charge in [-0.2, -0.15) is 0 Å². The lowest BCUT2D eigenvalue weighted by Crippen LogP contribution is -2.35. The Labute approximate surface area is 229 Å². The lowest BCUT2D eigenvalue weighted by atomic mass is 9.78. The van der Waals surface area contributed by atoms with Crippen LogP contribution in [0.1, 0.15) is 61.4 Å². The molecule has 0 saturated carbocycles. The van der Waals surface area contributed by atoms with E-state index in [4.69, 9.17) is 4.74 Å². The van der Waals surface area contributed by atoms with Gasteiger partial charge in [0.05, 0.1) is 6.61 Å². The molecule has 206 valence electrons. The van der Waals surface area contributed by atoms with E-state index in [0.29, 0.717) is 48.6 Å². The van der Waals surface area contributed by atoms with E-state index in [-0.39, 0.29) is 23.7 Å². The van der Waals surface area contributed by atoms with Crippen LogP contribution in [-0.2, 0) is 27.2 Å². The van der Waals surface area contributed by atoms with E-state index in [9.17, 15) is 18.8 Å². The van der Waals surface area contributed by atoms with Gasteiger partial charge in [-0.1, -0.05) is 43.7 Å². The lowest BCUT2D eigenvalue weighted by molar-refractivity contribution is -0.127. The van der Waals surface area contributed by atoms with Crippen LogP contribution >= 0.6 is 0 Å². The fourth-order valence-electron chi connectivity index (χ4n) is 5.58.